The van der Waals surface area contributed by atoms with Crippen molar-refractivity contribution in [2.45, 2.75) is 20.4 Å². The molecule has 1 amide bonds. The third-order valence-electron chi connectivity index (χ3n) is 4.99. The molecule has 0 atom stereocenters. The fourth-order valence-electron chi connectivity index (χ4n) is 3.14. The van der Waals surface area contributed by atoms with Gasteiger partial charge in [0.05, 0.1) is 11.4 Å². The molecular weight excluding hydrogens is 396 g/mol. The standard InChI is InChI=1S/C24H21ClN4O/c1-16-5-6-19(12-17(16)2)22-13-23(24(30)27-15-18-4-3-11-26-14-18)29(28-22)21-9-7-20(25)8-10-21/h3-14H,15H2,1-2H3,(H,27,30). The fourth-order valence-corrected chi connectivity index (χ4v) is 3.27. The first kappa shape index (κ1) is 19.9. The molecule has 150 valence electrons. The summed E-state index contributed by atoms with van der Waals surface area (Å²) < 4.78 is 1.65. The van der Waals surface area contributed by atoms with E-state index in [-0.39, 0.29) is 5.91 Å². The predicted octanol–water partition coefficient (Wildman–Crippen LogP) is 5.13. The van der Waals surface area contributed by atoms with E-state index < -0.39 is 0 Å². The van der Waals surface area contributed by atoms with Crippen LogP contribution in [-0.2, 0) is 6.54 Å². The minimum Gasteiger partial charge on any atom is -0.347 e. The first-order chi connectivity index (χ1) is 14.5. The van der Waals surface area contributed by atoms with E-state index in [0.29, 0.717) is 17.3 Å². The van der Waals surface area contributed by atoms with Gasteiger partial charge in [-0.05, 0) is 73.0 Å². The smallest absolute Gasteiger partial charge is 0.270 e. The Morgan fingerprint density at radius 2 is 1.83 bits per heavy atom. The van der Waals surface area contributed by atoms with Crippen LogP contribution in [0.25, 0.3) is 16.9 Å². The number of rotatable bonds is 5. The van der Waals surface area contributed by atoms with Crippen molar-refractivity contribution in [3.63, 3.8) is 0 Å². The van der Waals surface area contributed by atoms with E-state index in [0.717, 1.165) is 22.5 Å². The van der Waals surface area contributed by atoms with Crippen molar-refractivity contribution in [3.05, 3.63) is 100 Å². The first-order valence-electron chi connectivity index (χ1n) is 9.62. The van der Waals surface area contributed by atoms with E-state index in [2.05, 4.69) is 36.3 Å². The summed E-state index contributed by atoms with van der Waals surface area (Å²) in [5.74, 6) is -0.212. The number of hydrogen-bond acceptors (Lipinski definition) is 3. The quantitative estimate of drug-likeness (QED) is 0.490. The van der Waals surface area contributed by atoms with Crippen molar-refractivity contribution in [1.82, 2.24) is 20.1 Å². The third kappa shape index (κ3) is 4.26. The lowest BCUT2D eigenvalue weighted by Gasteiger charge is -2.08. The highest BCUT2D eigenvalue weighted by Gasteiger charge is 2.18. The number of nitrogens with one attached hydrogen (secondary N) is 1. The average Bonchev–Trinajstić information content (AvgIpc) is 3.21. The Bertz CT molecular complexity index is 1180. The maximum absolute atomic E-state index is 13.0. The predicted molar refractivity (Wildman–Crippen MR) is 119 cm³/mol. The molecule has 2 aromatic heterocycles. The van der Waals surface area contributed by atoms with Crippen molar-refractivity contribution in [2.75, 3.05) is 0 Å². The number of carbonyl (C=O) groups is 1. The van der Waals surface area contributed by atoms with Gasteiger partial charge in [-0.2, -0.15) is 5.10 Å². The van der Waals surface area contributed by atoms with E-state index in [4.69, 9.17) is 16.7 Å². The molecule has 1 N–H and O–H groups in total. The summed E-state index contributed by atoms with van der Waals surface area (Å²) in [6.45, 7) is 4.52. The molecule has 2 heterocycles. The van der Waals surface area contributed by atoms with Crippen molar-refractivity contribution in [1.29, 1.82) is 0 Å². The highest BCUT2D eigenvalue weighted by atomic mass is 35.5. The minimum absolute atomic E-state index is 0.212. The summed E-state index contributed by atoms with van der Waals surface area (Å²) >= 11 is 6.04. The number of halogens is 1. The average molecular weight is 417 g/mol. The Balaban J connectivity index is 1.71. The number of aryl methyl sites for hydroxylation is 2. The molecule has 0 saturated carbocycles. The largest absolute Gasteiger partial charge is 0.347 e. The highest BCUT2D eigenvalue weighted by Crippen LogP contribution is 2.24. The topological polar surface area (TPSA) is 59.8 Å². The van der Waals surface area contributed by atoms with Gasteiger partial charge in [0.25, 0.3) is 5.91 Å². The van der Waals surface area contributed by atoms with Crippen LogP contribution in [0.2, 0.25) is 5.02 Å². The molecule has 5 nitrogen and oxygen atoms in total. The van der Waals surface area contributed by atoms with Crippen LogP contribution in [0, 0.1) is 13.8 Å². The zero-order valence-electron chi connectivity index (χ0n) is 16.8. The SMILES string of the molecule is Cc1ccc(-c2cc(C(=O)NCc3cccnc3)n(-c3ccc(Cl)cc3)n2)cc1C. The van der Waals surface area contributed by atoms with Crippen LogP contribution >= 0.6 is 11.6 Å². The van der Waals surface area contributed by atoms with Gasteiger partial charge in [-0.15, -0.1) is 0 Å². The molecule has 0 aliphatic carbocycles. The number of pyridine rings is 1. The molecule has 0 unspecified atom stereocenters. The van der Waals surface area contributed by atoms with Gasteiger partial charge in [0.2, 0.25) is 0 Å². The second-order valence-electron chi connectivity index (χ2n) is 7.15. The van der Waals surface area contributed by atoms with Gasteiger partial charge in [0, 0.05) is 29.5 Å². The van der Waals surface area contributed by atoms with Gasteiger partial charge in [0.15, 0.2) is 0 Å². The van der Waals surface area contributed by atoms with E-state index in [1.807, 2.05) is 36.4 Å². The van der Waals surface area contributed by atoms with Gasteiger partial charge in [0.1, 0.15) is 5.69 Å². The van der Waals surface area contributed by atoms with Gasteiger partial charge in [-0.1, -0.05) is 29.8 Å². The number of benzene rings is 2. The molecule has 4 aromatic rings. The van der Waals surface area contributed by atoms with Crippen molar-refractivity contribution in [2.24, 2.45) is 0 Å². The lowest BCUT2D eigenvalue weighted by Crippen LogP contribution is -2.25. The van der Waals surface area contributed by atoms with Crippen molar-refractivity contribution in [3.8, 4) is 16.9 Å². The molecule has 0 fully saturated rings. The van der Waals surface area contributed by atoms with Crippen LogP contribution in [0.15, 0.2) is 73.1 Å². The van der Waals surface area contributed by atoms with E-state index >= 15 is 0 Å². The monoisotopic (exact) mass is 416 g/mol. The van der Waals surface area contributed by atoms with Crippen LogP contribution < -0.4 is 5.32 Å². The van der Waals surface area contributed by atoms with Crippen LogP contribution in [0.1, 0.15) is 27.2 Å². The molecule has 0 saturated heterocycles. The molecular formula is C24H21ClN4O. The van der Waals surface area contributed by atoms with Crippen LogP contribution in [0.5, 0.6) is 0 Å². The molecule has 30 heavy (non-hydrogen) atoms. The molecule has 6 heteroatoms. The molecule has 0 aliphatic rings. The molecule has 0 spiro atoms. The normalized spacial score (nSPS) is 10.8. The molecule has 2 aromatic carbocycles. The molecule has 4 rings (SSSR count). The van der Waals surface area contributed by atoms with Crippen LogP contribution in [0.3, 0.4) is 0 Å². The summed E-state index contributed by atoms with van der Waals surface area (Å²) in [4.78, 5) is 17.1. The third-order valence-corrected chi connectivity index (χ3v) is 5.24. The number of nitrogens with zero attached hydrogens (tertiary/aromatic N) is 3. The maximum atomic E-state index is 13.0. The number of amides is 1. The Morgan fingerprint density at radius 3 is 2.53 bits per heavy atom. The molecule has 0 radical (unpaired) electrons. The molecule has 0 bridgehead atoms. The van der Waals surface area contributed by atoms with Crippen LogP contribution in [-0.4, -0.2) is 20.7 Å². The number of carbonyl (C=O) groups excluding carboxylic acids is 1. The van der Waals surface area contributed by atoms with E-state index in [1.165, 1.54) is 11.1 Å². The minimum atomic E-state index is -0.212. The first-order valence-corrected chi connectivity index (χ1v) is 10.00. The zero-order valence-corrected chi connectivity index (χ0v) is 17.5. The number of hydrogen-bond donors (Lipinski definition) is 1. The summed E-state index contributed by atoms with van der Waals surface area (Å²) in [5, 5.41) is 8.31. The Kier molecular flexibility index (Phi) is 5.63. The Labute approximate surface area is 180 Å². The van der Waals surface area contributed by atoms with Gasteiger partial charge >= 0.3 is 0 Å². The highest BCUT2D eigenvalue weighted by molar-refractivity contribution is 6.30. The fraction of sp³-hybridized carbons (Fsp3) is 0.125. The van der Waals surface area contributed by atoms with Gasteiger partial charge in [-0.3, -0.25) is 9.78 Å². The van der Waals surface area contributed by atoms with Gasteiger partial charge < -0.3 is 5.32 Å². The summed E-state index contributed by atoms with van der Waals surface area (Å²) in [7, 11) is 0. The maximum Gasteiger partial charge on any atom is 0.270 e. The van der Waals surface area contributed by atoms with Crippen molar-refractivity contribution < 1.29 is 4.79 Å². The second kappa shape index (κ2) is 8.51. The Hall–Kier alpha value is -3.44. The summed E-state index contributed by atoms with van der Waals surface area (Å²) in [6, 6.07) is 19.0. The zero-order chi connectivity index (χ0) is 21.1. The summed E-state index contributed by atoms with van der Waals surface area (Å²) in [5.41, 5.74) is 6.24. The molecule has 0 aliphatic heterocycles. The van der Waals surface area contributed by atoms with Crippen LogP contribution in [0.4, 0.5) is 0 Å². The lowest BCUT2D eigenvalue weighted by molar-refractivity contribution is 0.0943. The summed E-state index contributed by atoms with van der Waals surface area (Å²) in [6.07, 6.45) is 3.44. The van der Waals surface area contributed by atoms with Crippen molar-refractivity contribution >= 4 is 17.5 Å². The van der Waals surface area contributed by atoms with E-state index in [9.17, 15) is 4.79 Å². The van der Waals surface area contributed by atoms with E-state index in [1.54, 1.807) is 29.2 Å². The lowest BCUT2D eigenvalue weighted by atomic mass is 10.0. The number of aromatic nitrogens is 3. The van der Waals surface area contributed by atoms with Gasteiger partial charge in [-0.25, -0.2) is 4.68 Å². The second-order valence-corrected chi connectivity index (χ2v) is 7.58. The Morgan fingerprint density at radius 1 is 1.03 bits per heavy atom.